The standard InChI is InChI=1S/C24H31N7O2/c1-15-13-16(2)31-21(25-15)14-20(28-31)24(32)30-7-5-19(6-8-30)22-26-18(4)17(3)23(27-22)29-9-11-33-12-10-29/h13-14,19H,5-12H2,1-4H3. The van der Waals surface area contributed by atoms with Crippen molar-refractivity contribution in [2.75, 3.05) is 44.3 Å². The zero-order valence-corrected chi connectivity index (χ0v) is 19.8. The van der Waals surface area contributed by atoms with Crippen LogP contribution < -0.4 is 4.90 Å². The first-order chi connectivity index (χ1) is 15.9. The van der Waals surface area contributed by atoms with E-state index in [4.69, 9.17) is 14.7 Å². The molecule has 0 radical (unpaired) electrons. The highest BCUT2D eigenvalue weighted by Crippen LogP contribution is 2.30. The van der Waals surface area contributed by atoms with Gasteiger partial charge in [-0.05, 0) is 46.6 Å². The molecule has 0 unspecified atom stereocenters. The smallest absolute Gasteiger partial charge is 0.274 e. The first-order valence-corrected chi connectivity index (χ1v) is 11.7. The van der Waals surface area contributed by atoms with Gasteiger partial charge in [0.15, 0.2) is 11.3 Å². The number of anilines is 1. The minimum absolute atomic E-state index is 0.0361. The average Bonchev–Trinajstić information content (AvgIpc) is 3.25. The van der Waals surface area contributed by atoms with E-state index in [1.54, 1.807) is 10.6 Å². The lowest BCUT2D eigenvalue weighted by Crippen LogP contribution is -2.39. The maximum Gasteiger partial charge on any atom is 0.274 e. The topological polar surface area (TPSA) is 88.8 Å². The fourth-order valence-corrected chi connectivity index (χ4v) is 4.79. The van der Waals surface area contributed by atoms with Crippen LogP contribution in [-0.4, -0.2) is 74.8 Å². The molecule has 0 spiro atoms. The van der Waals surface area contributed by atoms with E-state index in [1.807, 2.05) is 24.8 Å². The lowest BCUT2D eigenvalue weighted by molar-refractivity contribution is 0.0704. The second kappa shape index (κ2) is 8.70. The van der Waals surface area contributed by atoms with Gasteiger partial charge >= 0.3 is 0 Å². The quantitative estimate of drug-likeness (QED) is 0.607. The van der Waals surface area contributed by atoms with E-state index in [0.717, 1.165) is 73.4 Å². The van der Waals surface area contributed by atoms with Gasteiger partial charge in [0.1, 0.15) is 11.6 Å². The molecule has 9 heteroatoms. The summed E-state index contributed by atoms with van der Waals surface area (Å²) in [6.07, 6.45) is 1.70. The van der Waals surface area contributed by atoms with Gasteiger partial charge in [-0.15, -0.1) is 0 Å². The molecule has 0 aromatic carbocycles. The monoisotopic (exact) mass is 449 g/mol. The summed E-state index contributed by atoms with van der Waals surface area (Å²) < 4.78 is 7.25. The van der Waals surface area contributed by atoms with Crippen LogP contribution in [0.1, 0.15) is 57.7 Å². The number of hydrogen-bond donors (Lipinski definition) is 0. The van der Waals surface area contributed by atoms with Crippen LogP contribution in [0, 0.1) is 27.7 Å². The van der Waals surface area contributed by atoms with Crippen molar-refractivity contribution in [3.8, 4) is 0 Å². The molecule has 3 aromatic rings. The third-order valence-corrected chi connectivity index (χ3v) is 6.79. The molecule has 9 nitrogen and oxygen atoms in total. The second-order valence-corrected chi connectivity index (χ2v) is 9.12. The Balaban J connectivity index is 1.30. The number of hydrogen-bond acceptors (Lipinski definition) is 7. The number of carbonyl (C=O) groups is 1. The van der Waals surface area contributed by atoms with Crippen molar-refractivity contribution in [1.82, 2.24) is 29.5 Å². The van der Waals surface area contributed by atoms with Gasteiger partial charge in [-0.2, -0.15) is 5.10 Å². The molecule has 1 amide bonds. The number of ether oxygens (including phenoxy) is 1. The molecule has 3 aromatic heterocycles. The fraction of sp³-hybridized carbons (Fsp3) is 0.542. The predicted molar refractivity (Wildman–Crippen MR) is 125 cm³/mol. The second-order valence-electron chi connectivity index (χ2n) is 9.12. The Kier molecular flexibility index (Phi) is 5.74. The fourth-order valence-electron chi connectivity index (χ4n) is 4.79. The van der Waals surface area contributed by atoms with Gasteiger partial charge in [0, 0.05) is 60.8 Å². The van der Waals surface area contributed by atoms with Crippen LogP contribution in [0.15, 0.2) is 12.1 Å². The number of rotatable bonds is 3. The van der Waals surface area contributed by atoms with Crippen LogP contribution in [0.2, 0.25) is 0 Å². The van der Waals surface area contributed by atoms with E-state index < -0.39 is 0 Å². The van der Waals surface area contributed by atoms with Crippen molar-refractivity contribution in [3.63, 3.8) is 0 Å². The highest BCUT2D eigenvalue weighted by atomic mass is 16.5. The Morgan fingerprint density at radius 2 is 1.70 bits per heavy atom. The van der Waals surface area contributed by atoms with Crippen molar-refractivity contribution >= 4 is 17.4 Å². The first kappa shape index (κ1) is 21.8. The van der Waals surface area contributed by atoms with Crippen LogP contribution in [0.4, 0.5) is 5.82 Å². The zero-order valence-electron chi connectivity index (χ0n) is 19.8. The van der Waals surface area contributed by atoms with Gasteiger partial charge in [-0.3, -0.25) is 4.79 Å². The molecule has 0 atom stereocenters. The number of aromatic nitrogens is 5. The maximum absolute atomic E-state index is 13.1. The summed E-state index contributed by atoms with van der Waals surface area (Å²) in [6, 6.07) is 3.75. The van der Waals surface area contributed by atoms with E-state index in [2.05, 4.69) is 28.8 Å². The van der Waals surface area contributed by atoms with Crippen LogP contribution in [0.3, 0.4) is 0 Å². The van der Waals surface area contributed by atoms with Gasteiger partial charge in [0.2, 0.25) is 0 Å². The highest BCUT2D eigenvalue weighted by Gasteiger charge is 2.29. The molecular formula is C24H31N7O2. The zero-order chi connectivity index (χ0) is 23.1. The minimum atomic E-state index is -0.0361. The molecule has 2 saturated heterocycles. The molecule has 33 heavy (non-hydrogen) atoms. The summed E-state index contributed by atoms with van der Waals surface area (Å²) in [5, 5.41) is 4.51. The number of morpholine rings is 1. The number of amides is 1. The average molecular weight is 450 g/mol. The van der Waals surface area contributed by atoms with Gasteiger partial charge in [0.25, 0.3) is 5.91 Å². The van der Waals surface area contributed by atoms with E-state index in [-0.39, 0.29) is 11.8 Å². The van der Waals surface area contributed by atoms with Crippen molar-refractivity contribution in [3.05, 3.63) is 46.3 Å². The molecule has 0 bridgehead atoms. The summed E-state index contributed by atoms with van der Waals surface area (Å²) >= 11 is 0. The van der Waals surface area contributed by atoms with Crippen molar-refractivity contribution in [1.29, 1.82) is 0 Å². The summed E-state index contributed by atoms with van der Waals surface area (Å²) in [4.78, 5) is 31.7. The van der Waals surface area contributed by atoms with Crippen molar-refractivity contribution in [2.45, 2.75) is 46.5 Å². The lowest BCUT2D eigenvalue weighted by atomic mass is 9.95. The molecule has 2 aliphatic rings. The van der Waals surface area contributed by atoms with Crippen LogP contribution in [0.25, 0.3) is 5.65 Å². The third kappa shape index (κ3) is 4.17. The highest BCUT2D eigenvalue weighted by molar-refractivity contribution is 5.93. The number of carbonyl (C=O) groups excluding carboxylic acids is 1. The molecular weight excluding hydrogens is 418 g/mol. The van der Waals surface area contributed by atoms with Gasteiger partial charge < -0.3 is 14.5 Å². The number of piperidine rings is 1. The summed E-state index contributed by atoms with van der Waals surface area (Å²) in [5.74, 6) is 2.14. The Morgan fingerprint density at radius 1 is 0.970 bits per heavy atom. The normalized spacial score (nSPS) is 17.7. The van der Waals surface area contributed by atoms with Gasteiger partial charge in [-0.1, -0.05) is 0 Å². The predicted octanol–water partition coefficient (Wildman–Crippen LogP) is 2.61. The van der Waals surface area contributed by atoms with Crippen molar-refractivity contribution in [2.24, 2.45) is 0 Å². The molecule has 2 fully saturated rings. The summed E-state index contributed by atoms with van der Waals surface area (Å²) in [6.45, 7) is 12.6. The molecule has 5 heterocycles. The third-order valence-electron chi connectivity index (χ3n) is 6.79. The summed E-state index contributed by atoms with van der Waals surface area (Å²) in [7, 11) is 0. The van der Waals surface area contributed by atoms with E-state index >= 15 is 0 Å². The summed E-state index contributed by atoms with van der Waals surface area (Å²) in [5.41, 5.74) is 5.22. The van der Waals surface area contributed by atoms with E-state index in [9.17, 15) is 4.79 Å². The molecule has 5 rings (SSSR count). The van der Waals surface area contributed by atoms with Crippen LogP contribution >= 0.6 is 0 Å². The SMILES string of the molecule is Cc1cc(C)n2nc(C(=O)N3CCC(c4nc(C)c(C)c(N5CCOCC5)n4)CC3)cc2n1. The Hall–Kier alpha value is -3.07. The first-order valence-electron chi connectivity index (χ1n) is 11.7. The van der Waals surface area contributed by atoms with Crippen molar-refractivity contribution < 1.29 is 9.53 Å². The number of aryl methyl sites for hydroxylation is 3. The molecule has 0 N–H and O–H groups in total. The minimum Gasteiger partial charge on any atom is -0.378 e. The van der Waals surface area contributed by atoms with E-state index in [0.29, 0.717) is 24.4 Å². The Labute approximate surface area is 193 Å². The van der Waals surface area contributed by atoms with Gasteiger partial charge in [-0.25, -0.2) is 19.5 Å². The maximum atomic E-state index is 13.1. The molecule has 0 saturated carbocycles. The molecule has 0 aliphatic carbocycles. The van der Waals surface area contributed by atoms with E-state index in [1.165, 1.54) is 0 Å². The molecule has 2 aliphatic heterocycles. The van der Waals surface area contributed by atoms with Crippen LogP contribution in [0.5, 0.6) is 0 Å². The Morgan fingerprint density at radius 3 is 2.42 bits per heavy atom. The molecule has 174 valence electrons. The number of fused-ring (bicyclic) bond motifs is 1. The Bertz CT molecular complexity index is 1190. The van der Waals surface area contributed by atoms with Gasteiger partial charge in [0.05, 0.1) is 13.2 Å². The van der Waals surface area contributed by atoms with Crippen LogP contribution in [-0.2, 0) is 4.74 Å². The lowest BCUT2D eigenvalue weighted by Gasteiger charge is -2.33. The largest absolute Gasteiger partial charge is 0.378 e. The number of likely N-dealkylation sites (tertiary alicyclic amines) is 1. The number of nitrogens with zero attached hydrogens (tertiary/aromatic N) is 7.